The third kappa shape index (κ3) is 5.90. The van der Waals surface area contributed by atoms with Crippen molar-refractivity contribution in [2.45, 2.75) is 38.7 Å². The molecule has 0 N–H and O–H groups in total. The van der Waals surface area contributed by atoms with Gasteiger partial charge in [-0.25, -0.2) is 9.59 Å². The van der Waals surface area contributed by atoms with Crippen LogP contribution in [0.15, 0.2) is 59.4 Å². The van der Waals surface area contributed by atoms with Gasteiger partial charge in [0.1, 0.15) is 18.8 Å². The van der Waals surface area contributed by atoms with Gasteiger partial charge >= 0.3 is 11.9 Å². The summed E-state index contributed by atoms with van der Waals surface area (Å²) in [7, 11) is 0. The van der Waals surface area contributed by atoms with Crippen LogP contribution in [0.5, 0.6) is 0 Å². The van der Waals surface area contributed by atoms with E-state index < -0.39 is 35.9 Å². The number of aromatic nitrogens is 2. The van der Waals surface area contributed by atoms with E-state index in [1.54, 1.807) is 48.5 Å². The smallest absolute Gasteiger partial charge is 0.338 e. The van der Waals surface area contributed by atoms with E-state index in [1.165, 1.54) is 0 Å². The van der Waals surface area contributed by atoms with Crippen molar-refractivity contribution in [3.8, 4) is 0 Å². The molecule has 1 fully saturated rings. The molecule has 1 aromatic heterocycles. The highest BCUT2D eigenvalue weighted by molar-refractivity contribution is 6.41. The van der Waals surface area contributed by atoms with E-state index in [9.17, 15) is 14.4 Å². The highest BCUT2D eigenvalue weighted by Gasteiger charge is 2.41. The van der Waals surface area contributed by atoms with Crippen molar-refractivity contribution in [2.24, 2.45) is 0 Å². The molecular formula is C25H22Cl2N2O6. The van der Waals surface area contributed by atoms with Crippen molar-refractivity contribution in [1.82, 2.24) is 9.78 Å². The fourth-order valence-electron chi connectivity index (χ4n) is 3.58. The molecule has 0 bridgehead atoms. The summed E-state index contributed by atoms with van der Waals surface area (Å²) in [5.74, 6) is -1.12. The van der Waals surface area contributed by atoms with Crippen LogP contribution in [-0.4, -0.2) is 40.5 Å². The van der Waals surface area contributed by atoms with Crippen LogP contribution in [0.4, 0.5) is 0 Å². The summed E-state index contributed by atoms with van der Waals surface area (Å²) in [5.41, 5.74) is 2.20. The first-order chi connectivity index (χ1) is 16.7. The third-order valence-electron chi connectivity index (χ3n) is 5.53. The predicted molar refractivity (Wildman–Crippen MR) is 129 cm³/mol. The first-order valence-corrected chi connectivity index (χ1v) is 11.6. The van der Waals surface area contributed by atoms with E-state index in [-0.39, 0.29) is 23.2 Å². The zero-order valence-corrected chi connectivity index (χ0v) is 20.5. The second kappa shape index (κ2) is 10.6. The van der Waals surface area contributed by atoms with Crippen molar-refractivity contribution in [3.05, 3.63) is 97.4 Å². The normalized spacial score (nSPS) is 19.4. The minimum absolute atomic E-state index is 0.0110. The maximum atomic E-state index is 12.7. The molecule has 0 unspecified atom stereocenters. The summed E-state index contributed by atoms with van der Waals surface area (Å²) >= 11 is 11.9. The van der Waals surface area contributed by atoms with Crippen molar-refractivity contribution in [1.29, 1.82) is 0 Å². The number of esters is 2. The van der Waals surface area contributed by atoms with Crippen LogP contribution in [0.2, 0.25) is 10.2 Å². The molecular weight excluding hydrogens is 495 g/mol. The lowest BCUT2D eigenvalue weighted by molar-refractivity contribution is -0.0612. The van der Waals surface area contributed by atoms with Gasteiger partial charge in [-0.2, -0.15) is 9.78 Å². The molecule has 4 rings (SSSR count). The van der Waals surface area contributed by atoms with Crippen LogP contribution in [0.3, 0.4) is 0 Å². The number of aryl methyl sites for hydroxylation is 2. The second-order valence-corrected chi connectivity index (χ2v) is 8.97. The standard InChI is InChI=1S/C25H22Cl2N2O6/c1-14-3-7-16(8-4-14)24(31)33-13-20-19(35-25(32)17-9-5-15(2)6-10-17)12-22(34-20)29-21(30)11-18(26)23(27)28-29/h3-11,19-20,22H,12-13H2,1-2H3/t19-,20+,22-/m0/s1. The van der Waals surface area contributed by atoms with Crippen molar-refractivity contribution in [3.63, 3.8) is 0 Å². The SMILES string of the molecule is Cc1ccc(C(=O)OC[C@H]2O[C@H](n3nc(Cl)c(Cl)cc3=O)C[C@@H]2OC(=O)c2ccc(C)cc2)cc1. The van der Waals surface area contributed by atoms with Crippen LogP contribution in [0, 0.1) is 13.8 Å². The van der Waals surface area contributed by atoms with Crippen LogP contribution in [0.25, 0.3) is 0 Å². The zero-order chi connectivity index (χ0) is 25.1. The van der Waals surface area contributed by atoms with Gasteiger partial charge in [0.15, 0.2) is 11.4 Å². The molecule has 2 heterocycles. The molecule has 1 aliphatic rings. The number of hydrogen-bond donors (Lipinski definition) is 0. The number of halogens is 2. The number of carbonyl (C=O) groups excluding carboxylic acids is 2. The average Bonchev–Trinajstić information content (AvgIpc) is 3.22. The Morgan fingerprint density at radius 1 is 1.00 bits per heavy atom. The number of carbonyl (C=O) groups is 2. The quantitative estimate of drug-likeness (QED) is 0.443. The molecule has 0 saturated carbocycles. The summed E-state index contributed by atoms with van der Waals surface area (Å²) in [6.07, 6.45) is -2.47. The van der Waals surface area contributed by atoms with Gasteiger partial charge < -0.3 is 14.2 Å². The summed E-state index contributed by atoms with van der Waals surface area (Å²) in [5, 5.41) is 3.92. The Balaban J connectivity index is 1.53. The highest BCUT2D eigenvalue weighted by Crippen LogP contribution is 2.31. The molecule has 1 aliphatic heterocycles. The highest BCUT2D eigenvalue weighted by atomic mass is 35.5. The van der Waals surface area contributed by atoms with Crippen LogP contribution in [-0.2, 0) is 14.2 Å². The molecule has 3 aromatic rings. The lowest BCUT2D eigenvalue weighted by atomic mass is 10.1. The van der Waals surface area contributed by atoms with Crippen molar-refractivity contribution in [2.75, 3.05) is 6.61 Å². The van der Waals surface area contributed by atoms with Gasteiger partial charge in [-0.1, -0.05) is 58.6 Å². The monoisotopic (exact) mass is 516 g/mol. The summed E-state index contributed by atoms with van der Waals surface area (Å²) < 4.78 is 18.1. The van der Waals surface area contributed by atoms with Gasteiger partial charge in [-0.05, 0) is 38.1 Å². The third-order valence-corrected chi connectivity index (χ3v) is 6.20. The van der Waals surface area contributed by atoms with E-state index >= 15 is 0 Å². The number of nitrogens with zero attached hydrogens (tertiary/aromatic N) is 2. The molecule has 2 aromatic carbocycles. The molecule has 10 heteroatoms. The average molecular weight is 517 g/mol. The maximum absolute atomic E-state index is 12.7. The van der Waals surface area contributed by atoms with E-state index in [0.717, 1.165) is 21.9 Å². The lowest BCUT2D eigenvalue weighted by Gasteiger charge is -2.19. The number of ether oxygens (including phenoxy) is 3. The number of rotatable bonds is 6. The summed E-state index contributed by atoms with van der Waals surface area (Å²) in [6, 6.07) is 14.9. The van der Waals surface area contributed by atoms with E-state index in [2.05, 4.69) is 5.10 Å². The largest absolute Gasteiger partial charge is 0.459 e. The van der Waals surface area contributed by atoms with E-state index in [1.807, 2.05) is 13.8 Å². The topological polar surface area (TPSA) is 96.7 Å². The van der Waals surface area contributed by atoms with Gasteiger partial charge in [0.2, 0.25) is 0 Å². The zero-order valence-electron chi connectivity index (χ0n) is 18.9. The molecule has 0 radical (unpaired) electrons. The predicted octanol–water partition coefficient (Wildman–Crippen LogP) is 4.54. The fourth-order valence-corrected chi connectivity index (χ4v) is 3.85. The molecule has 0 aliphatic carbocycles. The van der Waals surface area contributed by atoms with Crippen LogP contribution < -0.4 is 5.56 Å². The van der Waals surface area contributed by atoms with E-state index in [0.29, 0.717) is 11.1 Å². The Labute approximate surface area is 211 Å². The van der Waals surface area contributed by atoms with E-state index in [4.69, 9.17) is 37.4 Å². The molecule has 0 amide bonds. The summed E-state index contributed by atoms with van der Waals surface area (Å²) in [4.78, 5) is 37.7. The molecule has 1 saturated heterocycles. The summed E-state index contributed by atoms with van der Waals surface area (Å²) in [6.45, 7) is 3.61. The van der Waals surface area contributed by atoms with Gasteiger partial charge in [-0.3, -0.25) is 4.79 Å². The van der Waals surface area contributed by atoms with Gasteiger partial charge in [0, 0.05) is 12.5 Å². The molecule has 35 heavy (non-hydrogen) atoms. The number of hydrogen-bond acceptors (Lipinski definition) is 7. The first-order valence-electron chi connectivity index (χ1n) is 10.8. The Bertz CT molecular complexity index is 1290. The Morgan fingerprint density at radius 3 is 2.17 bits per heavy atom. The Kier molecular flexibility index (Phi) is 7.54. The van der Waals surface area contributed by atoms with Crippen LogP contribution >= 0.6 is 23.2 Å². The molecule has 182 valence electrons. The fraction of sp³-hybridized carbons (Fsp3) is 0.280. The van der Waals surface area contributed by atoms with Gasteiger partial charge in [-0.15, -0.1) is 0 Å². The molecule has 8 nitrogen and oxygen atoms in total. The maximum Gasteiger partial charge on any atom is 0.338 e. The Hall–Kier alpha value is -3.20. The Morgan fingerprint density at radius 2 is 1.57 bits per heavy atom. The van der Waals surface area contributed by atoms with Crippen molar-refractivity contribution >= 4 is 35.1 Å². The molecule has 0 spiro atoms. The number of benzene rings is 2. The molecule has 3 atom stereocenters. The van der Waals surface area contributed by atoms with Crippen LogP contribution in [0.1, 0.15) is 44.5 Å². The minimum Gasteiger partial charge on any atom is -0.459 e. The van der Waals surface area contributed by atoms with Gasteiger partial charge in [0.25, 0.3) is 5.56 Å². The minimum atomic E-state index is -0.906. The lowest BCUT2D eigenvalue weighted by Crippen LogP contribution is -2.32. The van der Waals surface area contributed by atoms with Crippen molar-refractivity contribution < 1.29 is 23.8 Å². The van der Waals surface area contributed by atoms with Gasteiger partial charge in [0.05, 0.1) is 16.1 Å². The first kappa shape index (κ1) is 24.9. The second-order valence-electron chi connectivity index (χ2n) is 8.21.